The van der Waals surface area contributed by atoms with Gasteiger partial charge in [-0.05, 0) is 50.3 Å². The first kappa shape index (κ1) is 24.4. The highest BCUT2D eigenvalue weighted by atomic mass is 16.5. The minimum absolute atomic E-state index is 0.121. The first-order valence-electron chi connectivity index (χ1n) is 11.0. The summed E-state index contributed by atoms with van der Waals surface area (Å²) in [7, 11) is 2.69. The summed E-state index contributed by atoms with van der Waals surface area (Å²) in [5, 5.41) is 13.6. The number of hydrogen-bond acceptors (Lipinski definition) is 8. The van der Waals surface area contributed by atoms with Crippen LogP contribution in [0.4, 0.5) is 0 Å². The van der Waals surface area contributed by atoms with Gasteiger partial charge in [0.2, 0.25) is 0 Å². The lowest BCUT2D eigenvalue weighted by molar-refractivity contribution is -0.151. The molecule has 0 fully saturated rings. The molecule has 1 aliphatic heterocycles. The van der Waals surface area contributed by atoms with Crippen LogP contribution in [-0.4, -0.2) is 43.2 Å². The van der Waals surface area contributed by atoms with Crippen LogP contribution in [0.25, 0.3) is 0 Å². The van der Waals surface area contributed by atoms with Crippen molar-refractivity contribution in [3.05, 3.63) is 46.3 Å². The van der Waals surface area contributed by atoms with Crippen molar-refractivity contribution in [2.24, 2.45) is 11.8 Å². The molecular weight excluding hydrogens is 426 g/mol. The quantitative estimate of drug-likeness (QED) is 0.494. The number of phenolic OH excluding ortho intramolecular Hbond substituents is 1. The summed E-state index contributed by atoms with van der Waals surface area (Å²) in [5.41, 5.74) is 2.33. The van der Waals surface area contributed by atoms with Crippen molar-refractivity contribution in [1.82, 2.24) is 5.32 Å². The van der Waals surface area contributed by atoms with Gasteiger partial charge in [0.25, 0.3) is 0 Å². The average molecular weight is 458 g/mol. The van der Waals surface area contributed by atoms with Gasteiger partial charge in [-0.2, -0.15) is 0 Å². The number of Topliss-reactive ketones (excluding diaryl/α,β-unsaturated/α-hetero) is 1. The Labute approximate surface area is 193 Å². The highest BCUT2D eigenvalue weighted by Gasteiger charge is 2.47. The smallest absolute Gasteiger partial charge is 0.337 e. The van der Waals surface area contributed by atoms with Crippen molar-refractivity contribution < 1.29 is 33.7 Å². The van der Waals surface area contributed by atoms with Crippen LogP contribution >= 0.6 is 0 Å². The predicted molar refractivity (Wildman–Crippen MR) is 120 cm³/mol. The molecular formula is C25H31NO7. The first-order chi connectivity index (χ1) is 15.6. The number of ketones is 1. The number of phenols is 1. The van der Waals surface area contributed by atoms with Crippen LogP contribution in [-0.2, 0) is 23.9 Å². The van der Waals surface area contributed by atoms with E-state index in [2.05, 4.69) is 5.32 Å². The maximum atomic E-state index is 13.7. The first-order valence-corrected chi connectivity index (χ1v) is 11.0. The second kappa shape index (κ2) is 9.68. The molecule has 2 N–H and O–H groups in total. The van der Waals surface area contributed by atoms with Gasteiger partial charge in [0, 0.05) is 22.9 Å². The number of allylic oxidation sites excluding steroid dienone is 3. The number of hydrogen-bond donors (Lipinski definition) is 2. The lowest BCUT2D eigenvalue weighted by Crippen LogP contribution is -2.43. The normalized spacial score (nSPS) is 23.5. The van der Waals surface area contributed by atoms with Gasteiger partial charge >= 0.3 is 11.9 Å². The molecule has 0 unspecified atom stereocenters. The second-order valence-corrected chi connectivity index (χ2v) is 8.59. The van der Waals surface area contributed by atoms with E-state index in [4.69, 9.17) is 14.2 Å². The van der Waals surface area contributed by atoms with Gasteiger partial charge in [0.15, 0.2) is 17.3 Å². The van der Waals surface area contributed by atoms with E-state index >= 15 is 0 Å². The van der Waals surface area contributed by atoms with E-state index in [1.165, 1.54) is 20.3 Å². The lowest BCUT2D eigenvalue weighted by atomic mass is 9.69. The lowest BCUT2D eigenvalue weighted by Gasteiger charge is -2.38. The summed E-state index contributed by atoms with van der Waals surface area (Å²) in [6.45, 7) is 7.29. The molecule has 1 aromatic rings. The van der Waals surface area contributed by atoms with E-state index in [0.29, 0.717) is 35.4 Å². The highest BCUT2D eigenvalue weighted by Crippen LogP contribution is 2.46. The third-order valence-corrected chi connectivity index (χ3v) is 6.38. The average Bonchev–Trinajstić information content (AvgIpc) is 2.77. The van der Waals surface area contributed by atoms with Gasteiger partial charge in [-0.15, -0.1) is 0 Å². The molecule has 4 atom stereocenters. The molecule has 1 aromatic carbocycles. The van der Waals surface area contributed by atoms with Crippen molar-refractivity contribution in [3.8, 4) is 11.5 Å². The van der Waals surface area contributed by atoms with Crippen LogP contribution in [0.1, 0.15) is 52.0 Å². The van der Waals surface area contributed by atoms with E-state index in [1.807, 2.05) is 13.8 Å². The number of nitrogens with one attached hydrogen (secondary N) is 1. The molecule has 33 heavy (non-hydrogen) atoms. The van der Waals surface area contributed by atoms with Gasteiger partial charge in [-0.1, -0.05) is 19.9 Å². The number of methoxy groups -OCH3 is 2. The standard InChI is InChI=1S/C25H31NO7/c1-7-13(3)33-25(30)20-14(4)26-16-10-12(2)19(24(29)32-6)23(28)22(16)21(20)15-8-9-18(31-5)17(27)11-15/h8-9,11-13,19,21,26-27H,7,10H2,1-6H3/t12-,13-,19-,21+/m1/s1. The number of dihydropyridines is 1. The number of ether oxygens (including phenoxy) is 3. The largest absolute Gasteiger partial charge is 0.504 e. The molecule has 1 heterocycles. The molecule has 8 heteroatoms. The summed E-state index contributed by atoms with van der Waals surface area (Å²) in [6.07, 6.45) is 0.752. The Kier molecular flexibility index (Phi) is 7.15. The Morgan fingerprint density at radius 1 is 1.27 bits per heavy atom. The zero-order chi connectivity index (χ0) is 24.4. The SMILES string of the molecule is CC[C@@H](C)OC(=O)C1=C(C)NC2=C(C(=O)[C@H](C(=O)OC)[C@H](C)C2)[C@H]1c1ccc(OC)c(O)c1. The fourth-order valence-electron chi connectivity index (χ4n) is 4.50. The van der Waals surface area contributed by atoms with Gasteiger partial charge in [-0.25, -0.2) is 4.79 Å². The molecule has 0 aromatic heterocycles. The van der Waals surface area contributed by atoms with Crippen molar-refractivity contribution in [2.75, 3.05) is 14.2 Å². The number of carbonyl (C=O) groups excluding carboxylic acids is 3. The van der Waals surface area contributed by atoms with Gasteiger partial charge < -0.3 is 24.6 Å². The van der Waals surface area contributed by atoms with E-state index in [0.717, 1.165) is 0 Å². The Morgan fingerprint density at radius 2 is 1.97 bits per heavy atom. The van der Waals surface area contributed by atoms with E-state index < -0.39 is 29.6 Å². The zero-order valence-electron chi connectivity index (χ0n) is 19.9. The van der Waals surface area contributed by atoms with Crippen LogP contribution in [0.15, 0.2) is 40.7 Å². The summed E-state index contributed by atoms with van der Waals surface area (Å²) in [4.78, 5) is 39.4. The molecule has 8 nitrogen and oxygen atoms in total. The molecule has 2 aliphatic rings. The summed E-state index contributed by atoms with van der Waals surface area (Å²) in [5.74, 6) is -3.48. The molecule has 3 rings (SSSR count). The fraction of sp³-hybridized carbons (Fsp3) is 0.480. The summed E-state index contributed by atoms with van der Waals surface area (Å²) < 4.78 is 15.7. The van der Waals surface area contributed by atoms with Gasteiger partial charge in [0.1, 0.15) is 5.92 Å². The Bertz CT molecular complexity index is 1040. The number of carbonyl (C=O) groups is 3. The van der Waals surface area contributed by atoms with Crippen molar-refractivity contribution >= 4 is 17.7 Å². The van der Waals surface area contributed by atoms with E-state index in [9.17, 15) is 19.5 Å². The van der Waals surface area contributed by atoms with Crippen LogP contribution in [0.5, 0.6) is 11.5 Å². The Balaban J connectivity index is 2.19. The molecule has 0 amide bonds. The predicted octanol–water partition coefficient (Wildman–Crippen LogP) is 3.36. The third-order valence-electron chi connectivity index (χ3n) is 6.38. The molecule has 0 saturated heterocycles. The van der Waals surface area contributed by atoms with Gasteiger partial charge in [0.05, 0.1) is 25.9 Å². The van der Waals surface area contributed by atoms with Crippen LogP contribution < -0.4 is 10.1 Å². The van der Waals surface area contributed by atoms with Crippen LogP contribution in [0.2, 0.25) is 0 Å². The molecule has 178 valence electrons. The van der Waals surface area contributed by atoms with E-state index in [1.54, 1.807) is 26.0 Å². The topological polar surface area (TPSA) is 111 Å². The van der Waals surface area contributed by atoms with Gasteiger partial charge in [-0.3, -0.25) is 9.59 Å². The number of rotatable bonds is 6. The van der Waals surface area contributed by atoms with Crippen LogP contribution in [0.3, 0.4) is 0 Å². The van der Waals surface area contributed by atoms with Crippen molar-refractivity contribution in [2.45, 2.75) is 52.6 Å². The molecule has 0 spiro atoms. The molecule has 0 bridgehead atoms. The maximum absolute atomic E-state index is 13.7. The van der Waals surface area contributed by atoms with Crippen molar-refractivity contribution in [3.63, 3.8) is 0 Å². The summed E-state index contributed by atoms with van der Waals surface area (Å²) >= 11 is 0. The van der Waals surface area contributed by atoms with Crippen LogP contribution in [0, 0.1) is 11.8 Å². The third kappa shape index (κ3) is 4.47. The zero-order valence-corrected chi connectivity index (χ0v) is 19.9. The van der Waals surface area contributed by atoms with Crippen molar-refractivity contribution in [1.29, 1.82) is 0 Å². The molecule has 1 aliphatic carbocycles. The summed E-state index contributed by atoms with van der Waals surface area (Å²) in [6, 6.07) is 4.75. The second-order valence-electron chi connectivity index (χ2n) is 8.59. The fourth-order valence-corrected chi connectivity index (χ4v) is 4.50. The van der Waals surface area contributed by atoms with E-state index in [-0.39, 0.29) is 29.1 Å². The highest BCUT2D eigenvalue weighted by molar-refractivity contribution is 6.12. The molecule has 0 saturated carbocycles. The number of aromatic hydroxyl groups is 1. The Hall–Kier alpha value is -3.29. The minimum Gasteiger partial charge on any atom is -0.504 e. The molecule has 0 radical (unpaired) electrons. The monoisotopic (exact) mass is 457 g/mol. The number of esters is 2. The Morgan fingerprint density at radius 3 is 2.55 bits per heavy atom. The maximum Gasteiger partial charge on any atom is 0.337 e. The minimum atomic E-state index is -0.977. The number of benzene rings is 1.